The molecule has 0 radical (unpaired) electrons. The van der Waals surface area contributed by atoms with Crippen LogP contribution in [0.15, 0.2) is 6.20 Å². The Hall–Kier alpha value is -2.00. The standard InChI is InChI=1S/C12H14ClN3O3/c1-3-16-7-8(6-14)10(15-9(17)5-13)11(16)12(18)19-4-2/h7H,3-5H2,1-2H3,(H,15,17). The number of anilines is 1. The zero-order valence-electron chi connectivity index (χ0n) is 10.7. The molecular weight excluding hydrogens is 270 g/mol. The average Bonchev–Trinajstić information content (AvgIpc) is 2.76. The molecule has 0 saturated heterocycles. The fraction of sp³-hybridized carbons (Fsp3) is 0.417. The van der Waals surface area contributed by atoms with Gasteiger partial charge in [0.15, 0.2) is 5.69 Å². The van der Waals surface area contributed by atoms with Gasteiger partial charge in [0.25, 0.3) is 0 Å². The molecule has 0 bridgehead atoms. The first-order valence-corrected chi connectivity index (χ1v) is 6.28. The highest BCUT2D eigenvalue weighted by Crippen LogP contribution is 2.24. The van der Waals surface area contributed by atoms with Crippen LogP contribution in [0.1, 0.15) is 29.9 Å². The van der Waals surface area contributed by atoms with Gasteiger partial charge in [-0.05, 0) is 13.8 Å². The molecule has 0 aromatic carbocycles. The lowest BCUT2D eigenvalue weighted by Crippen LogP contribution is -2.18. The number of nitriles is 1. The number of carbonyl (C=O) groups is 2. The van der Waals surface area contributed by atoms with Crippen molar-refractivity contribution in [3.8, 4) is 6.07 Å². The number of halogens is 1. The number of rotatable bonds is 5. The third-order valence-corrected chi connectivity index (χ3v) is 2.64. The van der Waals surface area contributed by atoms with E-state index in [1.165, 1.54) is 6.20 Å². The quantitative estimate of drug-likeness (QED) is 0.659. The van der Waals surface area contributed by atoms with E-state index in [2.05, 4.69) is 5.32 Å². The first kappa shape index (κ1) is 15.1. The molecule has 1 N–H and O–H groups in total. The summed E-state index contributed by atoms with van der Waals surface area (Å²) in [6, 6.07) is 1.93. The molecule has 0 aliphatic heterocycles. The van der Waals surface area contributed by atoms with Gasteiger partial charge in [0, 0.05) is 12.7 Å². The monoisotopic (exact) mass is 283 g/mol. The van der Waals surface area contributed by atoms with Gasteiger partial charge in [-0.25, -0.2) is 4.79 Å². The first-order chi connectivity index (χ1) is 9.08. The minimum atomic E-state index is -0.587. The van der Waals surface area contributed by atoms with Gasteiger partial charge in [-0.15, -0.1) is 11.6 Å². The van der Waals surface area contributed by atoms with Crippen LogP contribution in [-0.2, 0) is 16.1 Å². The number of ether oxygens (including phenoxy) is 1. The molecule has 7 heteroatoms. The van der Waals surface area contributed by atoms with Crippen LogP contribution in [0.25, 0.3) is 0 Å². The van der Waals surface area contributed by atoms with Crippen molar-refractivity contribution in [1.82, 2.24) is 4.57 Å². The fourth-order valence-electron chi connectivity index (χ4n) is 1.61. The van der Waals surface area contributed by atoms with Gasteiger partial charge in [-0.2, -0.15) is 5.26 Å². The molecule has 1 aromatic heterocycles. The summed E-state index contributed by atoms with van der Waals surface area (Å²) in [4.78, 5) is 23.3. The summed E-state index contributed by atoms with van der Waals surface area (Å²) in [5, 5.41) is 11.5. The van der Waals surface area contributed by atoms with Crippen LogP contribution in [0, 0.1) is 11.3 Å². The highest BCUT2D eigenvalue weighted by Gasteiger charge is 2.23. The summed E-state index contributed by atoms with van der Waals surface area (Å²) in [6.07, 6.45) is 1.50. The first-order valence-electron chi connectivity index (χ1n) is 5.75. The summed E-state index contributed by atoms with van der Waals surface area (Å²) in [7, 11) is 0. The van der Waals surface area contributed by atoms with E-state index in [4.69, 9.17) is 21.6 Å². The molecule has 0 aliphatic rings. The number of hydrogen-bond donors (Lipinski definition) is 1. The summed E-state index contributed by atoms with van der Waals surface area (Å²) in [5.41, 5.74) is 0.496. The van der Waals surface area contributed by atoms with Gasteiger partial charge >= 0.3 is 5.97 Å². The molecule has 1 heterocycles. The van der Waals surface area contributed by atoms with E-state index >= 15 is 0 Å². The minimum Gasteiger partial charge on any atom is -0.461 e. The normalized spacial score (nSPS) is 9.79. The third-order valence-electron chi connectivity index (χ3n) is 2.39. The van der Waals surface area contributed by atoms with Crippen molar-refractivity contribution in [2.24, 2.45) is 0 Å². The molecule has 19 heavy (non-hydrogen) atoms. The Balaban J connectivity index is 3.31. The summed E-state index contributed by atoms with van der Waals surface area (Å²) >= 11 is 5.41. The van der Waals surface area contributed by atoms with Crippen molar-refractivity contribution in [1.29, 1.82) is 5.26 Å². The third kappa shape index (κ3) is 3.26. The number of nitrogens with zero attached hydrogens (tertiary/aromatic N) is 2. The van der Waals surface area contributed by atoms with Crippen molar-refractivity contribution in [2.45, 2.75) is 20.4 Å². The number of aromatic nitrogens is 1. The Morgan fingerprint density at radius 2 is 2.21 bits per heavy atom. The van der Waals surface area contributed by atoms with Crippen LogP contribution in [0.5, 0.6) is 0 Å². The molecule has 1 amide bonds. The second-order valence-corrected chi connectivity index (χ2v) is 3.83. The largest absolute Gasteiger partial charge is 0.461 e. The van der Waals surface area contributed by atoms with E-state index in [0.29, 0.717) is 6.54 Å². The maximum atomic E-state index is 11.9. The number of amides is 1. The van der Waals surface area contributed by atoms with Crippen LogP contribution in [0.3, 0.4) is 0 Å². The topological polar surface area (TPSA) is 84.1 Å². The maximum absolute atomic E-state index is 11.9. The van der Waals surface area contributed by atoms with Crippen LogP contribution in [0.4, 0.5) is 5.69 Å². The van der Waals surface area contributed by atoms with Crippen molar-refractivity contribution in [3.05, 3.63) is 17.5 Å². The molecule has 0 saturated carbocycles. The summed E-state index contributed by atoms with van der Waals surface area (Å²) in [6.45, 7) is 4.18. The molecule has 6 nitrogen and oxygen atoms in total. The predicted octanol–water partition coefficient (Wildman–Crippen LogP) is 1.73. The number of alkyl halides is 1. The average molecular weight is 284 g/mol. The molecular formula is C12H14ClN3O3. The Morgan fingerprint density at radius 1 is 1.53 bits per heavy atom. The van der Waals surface area contributed by atoms with Crippen molar-refractivity contribution in [2.75, 3.05) is 17.8 Å². The van der Waals surface area contributed by atoms with Crippen LogP contribution in [0.2, 0.25) is 0 Å². The second kappa shape index (κ2) is 6.81. The van der Waals surface area contributed by atoms with Crippen molar-refractivity contribution < 1.29 is 14.3 Å². The van der Waals surface area contributed by atoms with Gasteiger partial charge in [0.05, 0.1) is 17.9 Å². The highest BCUT2D eigenvalue weighted by molar-refractivity contribution is 6.29. The summed E-state index contributed by atoms with van der Waals surface area (Å²) in [5.74, 6) is -1.34. The number of hydrogen-bond acceptors (Lipinski definition) is 4. The Morgan fingerprint density at radius 3 is 2.68 bits per heavy atom. The Kier molecular flexibility index (Phi) is 5.39. The Labute approximate surface area is 115 Å². The van der Waals surface area contributed by atoms with Crippen LogP contribution >= 0.6 is 11.6 Å². The maximum Gasteiger partial charge on any atom is 0.357 e. The molecule has 0 aliphatic carbocycles. The zero-order chi connectivity index (χ0) is 14.4. The second-order valence-electron chi connectivity index (χ2n) is 3.57. The van der Waals surface area contributed by atoms with E-state index in [1.54, 1.807) is 11.5 Å². The lowest BCUT2D eigenvalue weighted by atomic mass is 10.2. The summed E-state index contributed by atoms with van der Waals surface area (Å²) < 4.78 is 6.49. The molecule has 1 aromatic rings. The lowest BCUT2D eigenvalue weighted by Gasteiger charge is -2.09. The molecule has 0 atom stereocenters. The number of carbonyl (C=O) groups excluding carboxylic acids is 2. The highest BCUT2D eigenvalue weighted by atomic mass is 35.5. The molecule has 0 unspecified atom stereocenters. The van der Waals surface area contributed by atoms with E-state index in [1.807, 2.05) is 13.0 Å². The van der Waals surface area contributed by atoms with E-state index < -0.39 is 11.9 Å². The smallest absolute Gasteiger partial charge is 0.357 e. The zero-order valence-corrected chi connectivity index (χ0v) is 11.5. The molecule has 0 fully saturated rings. The van der Waals surface area contributed by atoms with Gasteiger partial charge in [0.1, 0.15) is 11.9 Å². The Bertz CT molecular complexity index is 531. The van der Waals surface area contributed by atoms with E-state index in [-0.39, 0.29) is 29.4 Å². The number of nitrogens with one attached hydrogen (secondary N) is 1. The molecule has 1 rings (SSSR count). The van der Waals surface area contributed by atoms with Gasteiger partial charge in [-0.1, -0.05) is 0 Å². The van der Waals surface area contributed by atoms with Crippen molar-refractivity contribution >= 4 is 29.2 Å². The predicted molar refractivity (Wildman–Crippen MR) is 70.1 cm³/mol. The van der Waals surface area contributed by atoms with Gasteiger partial charge in [0.2, 0.25) is 5.91 Å². The molecule has 0 spiro atoms. The van der Waals surface area contributed by atoms with Crippen LogP contribution < -0.4 is 5.32 Å². The minimum absolute atomic E-state index is 0.147. The fourth-order valence-corrected chi connectivity index (χ4v) is 1.68. The van der Waals surface area contributed by atoms with Gasteiger partial charge < -0.3 is 14.6 Å². The van der Waals surface area contributed by atoms with Crippen LogP contribution in [-0.4, -0.2) is 28.9 Å². The van der Waals surface area contributed by atoms with E-state index in [9.17, 15) is 9.59 Å². The number of aryl methyl sites for hydroxylation is 1. The van der Waals surface area contributed by atoms with Crippen molar-refractivity contribution in [3.63, 3.8) is 0 Å². The molecule has 102 valence electrons. The van der Waals surface area contributed by atoms with Gasteiger partial charge in [-0.3, -0.25) is 4.79 Å². The van der Waals surface area contributed by atoms with E-state index in [0.717, 1.165) is 0 Å². The number of esters is 1. The lowest BCUT2D eigenvalue weighted by molar-refractivity contribution is -0.113. The SMILES string of the molecule is CCOC(=O)c1c(NC(=O)CCl)c(C#N)cn1CC.